The van der Waals surface area contributed by atoms with Gasteiger partial charge in [0.2, 0.25) is 5.91 Å². The zero-order chi connectivity index (χ0) is 22.2. The second-order valence-corrected chi connectivity index (χ2v) is 7.90. The molecule has 2 amide bonds. The molecule has 1 aromatic carbocycles. The van der Waals surface area contributed by atoms with Gasteiger partial charge < -0.3 is 19.9 Å². The van der Waals surface area contributed by atoms with Crippen LogP contribution in [0, 0.1) is 5.92 Å². The molecule has 0 saturated carbocycles. The normalized spacial score (nSPS) is 14.2. The predicted molar refractivity (Wildman–Crippen MR) is 122 cm³/mol. The molecule has 0 spiro atoms. The van der Waals surface area contributed by atoms with E-state index in [9.17, 15) is 9.59 Å². The van der Waals surface area contributed by atoms with Crippen LogP contribution in [0.5, 0.6) is 5.75 Å². The van der Waals surface area contributed by atoms with Gasteiger partial charge in [0.25, 0.3) is 5.91 Å². The lowest BCUT2D eigenvalue weighted by atomic mass is 9.95. The number of rotatable bonds is 8. The lowest BCUT2D eigenvalue weighted by Gasteiger charge is -2.33. The molecule has 0 aliphatic carbocycles. The molecule has 31 heavy (non-hydrogen) atoms. The van der Waals surface area contributed by atoms with Gasteiger partial charge in [-0.05, 0) is 43.5 Å². The Labute approximate surface area is 184 Å². The number of likely N-dealkylation sites (tertiary alicyclic amines) is 1. The fourth-order valence-corrected chi connectivity index (χ4v) is 3.87. The van der Waals surface area contributed by atoms with E-state index in [4.69, 9.17) is 4.74 Å². The lowest BCUT2D eigenvalue weighted by Crippen LogP contribution is -2.43. The quantitative estimate of drug-likeness (QED) is 0.695. The van der Waals surface area contributed by atoms with Crippen molar-refractivity contribution < 1.29 is 14.3 Å². The van der Waals surface area contributed by atoms with E-state index in [-0.39, 0.29) is 17.7 Å². The highest BCUT2D eigenvalue weighted by molar-refractivity contribution is 5.99. The zero-order valence-corrected chi connectivity index (χ0v) is 18.6. The molecule has 1 saturated heterocycles. The largest absolute Gasteiger partial charge is 0.495 e. The van der Waals surface area contributed by atoms with Crippen LogP contribution in [0.25, 0.3) is 0 Å². The number of benzene rings is 1. The molecule has 1 aliphatic heterocycles. The molecule has 1 aliphatic rings. The van der Waals surface area contributed by atoms with Crippen LogP contribution in [0.4, 0.5) is 11.5 Å². The van der Waals surface area contributed by atoms with Crippen LogP contribution < -0.4 is 10.1 Å². The second-order valence-electron chi connectivity index (χ2n) is 7.90. The average Bonchev–Trinajstić information content (AvgIpc) is 2.82. The Bertz CT molecular complexity index is 894. The standard InChI is InChI=1S/C24H32N4O3/c1-4-5-15-27(2)23(29)18-12-16-28(17-13-18)24(30)19-9-8-14-25-22(19)26-20-10-6-7-11-21(20)31-3/h6-11,14,18H,4-5,12-13,15-17H2,1-3H3,(H,25,26). The summed E-state index contributed by atoms with van der Waals surface area (Å²) >= 11 is 0. The molecule has 0 radical (unpaired) electrons. The van der Waals surface area contributed by atoms with Gasteiger partial charge in [-0.2, -0.15) is 0 Å². The molecule has 1 aromatic heterocycles. The van der Waals surface area contributed by atoms with Gasteiger partial charge in [0.15, 0.2) is 0 Å². The van der Waals surface area contributed by atoms with Gasteiger partial charge in [-0.3, -0.25) is 9.59 Å². The second kappa shape index (κ2) is 10.8. The number of para-hydroxylation sites is 2. The van der Waals surface area contributed by atoms with Crippen LogP contribution >= 0.6 is 0 Å². The number of unbranched alkanes of at least 4 members (excludes halogenated alkanes) is 1. The van der Waals surface area contributed by atoms with Crippen molar-refractivity contribution in [3.8, 4) is 5.75 Å². The number of nitrogens with one attached hydrogen (secondary N) is 1. The monoisotopic (exact) mass is 424 g/mol. The van der Waals surface area contributed by atoms with Gasteiger partial charge in [-0.1, -0.05) is 25.5 Å². The Kier molecular flexibility index (Phi) is 7.87. The summed E-state index contributed by atoms with van der Waals surface area (Å²) in [6, 6.07) is 11.1. The van der Waals surface area contributed by atoms with Gasteiger partial charge in [0.1, 0.15) is 11.6 Å². The molecule has 166 valence electrons. The maximum atomic E-state index is 13.2. The Morgan fingerprint density at radius 3 is 2.65 bits per heavy atom. The molecule has 2 aromatic rings. The number of carbonyl (C=O) groups is 2. The molecule has 7 heteroatoms. The molecule has 0 bridgehead atoms. The molecular formula is C24H32N4O3. The molecule has 1 N–H and O–H groups in total. The molecule has 0 atom stereocenters. The van der Waals surface area contributed by atoms with Crippen LogP contribution in [0.1, 0.15) is 43.0 Å². The minimum Gasteiger partial charge on any atom is -0.495 e. The van der Waals surface area contributed by atoms with E-state index >= 15 is 0 Å². The SMILES string of the molecule is CCCCN(C)C(=O)C1CCN(C(=O)c2cccnc2Nc2ccccc2OC)CC1. The summed E-state index contributed by atoms with van der Waals surface area (Å²) in [4.78, 5) is 33.9. The van der Waals surface area contributed by atoms with Crippen molar-refractivity contribution >= 4 is 23.3 Å². The number of anilines is 2. The Morgan fingerprint density at radius 2 is 1.94 bits per heavy atom. The van der Waals surface area contributed by atoms with Crippen LogP contribution in [0.15, 0.2) is 42.6 Å². The molecule has 3 rings (SSSR count). The molecule has 0 unspecified atom stereocenters. The van der Waals surface area contributed by atoms with Gasteiger partial charge in [0, 0.05) is 38.8 Å². The molecular weight excluding hydrogens is 392 g/mol. The highest BCUT2D eigenvalue weighted by Crippen LogP contribution is 2.29. The molecule has 7 nitrogen and oxygen atoms in total. The van der Waals surface area contributed by atoms with Crippen LogP contribution in [-0.4, -0.2) is 60.4 Å². The highest BCUT2D eigenvalue weighted by Gasteiger charge is 2.30. The van der Waals surface area contributed by atoms with Crippen molar-refractivity contribution in [3.05, 3.63) is 48.2 Å². The molecule has 1 fully saturated rings. The number of nitrogens with zero attached hydrogens (tertiary/aromatic N) is 3. The van der Waals surface area contributed by atoms with Crippen LogP contribution in [0.3, 0.4) is 0 Å². The Hall–Kier alpha value is -3.09. The maximum Gasteiger partial charge on any atom is 0.257 e. The number of methoxy groups -OCH3 is 1. The number of piperidine rings is 1. The van der Waals surface area contributed by atoms with E-state index in [0.29, 0.717) is 43.1 Å². The van der Waals surface area contributed by atoms with Crippen molar-refractivity contribution in [1.29, 1.82) is 0 Å². The topological polar surface area (TPSA) is 74.8 Å². The molecule has 2 heterocycles. The first-order chi connectivity index (χ1) is 15.0. The van der Waals surface area contributed by atoms with Crippen molar-refractivity contribution in [2.24, 2.45) is 5.92 Å². The number of carbonyl (C=O) groups excluding carboxylic acids is 2. The Morgan fingerprint density at radius 1 is 1.19 bits per heavy atom. The third-order valence-electron chi connectivity index (χ3n) is 5.75. The van der Waals surface area contributed by atoms with E-state index in [2.05, 4.69) is 17.2 Å². The first-order valence-electron chi connectivity index (χ1n) is 10.9. The average molecular weight is 425 g/mol. The van der Waals surface area contributed by atoms with Gasteiger partial charge in [0.05, 0.1) is 18.4 Å². The van der Waals surface area contributed by atoms with Gasteiger partial charge in [-0.15, -0.1) is 0 Å². The van der Waals surface area contributed by atoms with E-state index in [1.807, 2.05) is 41.1 Å². The fraction of sp³-hybridized carbons (Fsp3) is 0.458. The van der Waals surface area contributed by atoms with E-state index < -0.39 is 0 Å². The summed E-state index contributed by atoms with van der Waals surface area (Å²) in [7, 11) is 3.48. The summed E-state index contributed by atoms with van der Waals surface area (Å²) < 4.78 is 5.39. The third-order valence-corrected chi connectivity index (χ3v) is 5.75. The van der Waals surface area contributed by atoms with Crippen molar-refractivity contribution in [2.45, 2.75) is 32.6 Å². The van der Waals surface area contributed by atoms with Crippen molar-refractivity contribution in [3.63, 3.8) is 0 Å². The number of hydrogen-bond donors (Lipinski definition) is 1. The van der Waals surface area contributed by atoms with Gasteiger partial charge in [-0.25, -0.2) is 4.98 Å². The summed E-state index contributed by atoms with van der Waals surface area (Å²) in [6.45, 7) is 4.06. The zero-order valence-electron chi connectivity index (χ0n) is 18.6. The Balaban J connectivity index is 1.66. The summed E-state index contributed by atoms with van der Waals surface area (Å²) in [5, 5.41) is 3.23. The van der Waals surface area contributed by atoms with E-state index in [1.165, 1.54) is 0 Å². The van der Waals surface area contributed by atoms with Crippen molar-refractivity contribution in [1.82, 2.24) is 14.8 Å². The number of hydrogen-bond acceptors (Lipinski definition) is 5. The first kappa shape index (κ1) is 22.6. The number of ether oxygens (including phenoxy) is 1. The van der Waals surface area contributed by atoms with Crippen LogP contribution in [0.2, 0.25) is 0 Å². The summed E-state index contributed by atoms with van der Waals surface area (Å²) in [5.74, 6) is 1.29. The minimum absolute atomic E-state index is 0.00835. The first-order valence-corrected chi connectivity index (χ1v) is 10.9. The smallest absolute Gasteiger partial charge is 0.257 e. The highest BCUT2D eigenvalue weighted by atomic mass is 16.5. The fourth-order valence-electron chi connectivity index (χ4n) is 3.87. The van der Waals surface area contributed by atoms with E-state index in [1.54, 1.807) is 25.4 Å². The number of pyridine rings is 1. The number of amides is 2. The lowest BCUT2D eigenvalue weighted by molar-refractivity contribution is -0.135. The summed E-state index contributed by atoms with van der Waals surface area (Å²) in [6.07, 6.45) is 5.13. The number of aromatic nitrogens is 1. The minimum atomic E-state index is -0.0734. The van der Waals surface area contributed by atoms with Gasteiger partial charge >= 0.3 is 0 Å². The van der Waals surface area contributed by atoms with E-state index in [0.717, 1.165) is 25.1 Å². The predicted octanol–water partition coefficient (Wildman–Crippen LogP) is 3.94. The van der Waals surface area contributed by atoms with Crippen molar-refractivity contribution in [2.75, 3.05) is 39.1 Å². The summed E-state index contributed by atoms with van der Waals surface area (Å²) in [5.41, 5.74) is 1.26. The third kappa shape index (κ3) is 5.54. The maximum absolute atomic E-state index is 13.2. The van der Waals surface area contributed by atoms with Crippen LogP contribution in [-0.2, 0) is 4.79 Å².